The number of rotatable bonds is 3. The fraction of sp³-hybridized carbons (Fsp3) is 0.833. The summed E-state index contributed by atoms with van der Waals surface area (Å²) < 4.78 is 4.77. The fourth-order valence-corrected chi connectivity index (χ4v) is 2.64. The fourth-order valence-electron chi connectivity index (χ4n) is 2.64. The van der Waals surface area contributed by atoms with Gasteiger partial charge in [-0.15, -0.1) is 0 Å². The maximum atomic E-state index is 11.6. The quantitative estimate of drug-likeness (QED) is 0.750. The van der Waals surface area contributed by atoms with E-state index in [9.17, 15) is 9.59 Å². The van der Waals surface area contributed by atoms with E-state index in [1.54, 1.807) is 0 Å². The zero-order chi connectivity index (χ0) is 12.3. The lowest BCUT2D eigenvalue weighted by Crippen LogP contribution is -2.36. The van der Waals surface area contributed by atoms with E-state index in [0.29, 0.717) is 18.8 Å². The summed E-state index contributed by atoms with van der Waals surface area (Å²) in [6.07, 6.45) is 1.89. The summed E-state index contributed by atoms with van der Waals surface area (Å²) in [4.78, 5) is 22.6. The minimum atomic E-state index is -0.795. The number of aliphatic carboxylic acids is 1. The first-order chi connectivity index (χ1) is 7.47. The maximum Gasteiger partial charge on any atom is 0.308 e. The van der Waals surface area contributed by atoms with Crippen LogP contribution >= 0.6 is 0 Å². The van der Waals surface area contributed by atoms with E-state index in [0.717, 1.165) is 6.42 Å². The highest BCUT2D eigenvalue weighted by atomic mass is 16.5. The molecule has 4 heteroatoms. The van der Waals surface area contributed by atoms with Gasteiger partial charge in [-0.1, -0.05) is 13.8 Å². The molecular weight excluding hydrogens is 208 g/mol. The monoisotopic (exact) mass is 228 g/mol. The normalized spacial score (nSPS) is 30.1. The van der Waals surface area contributed by atoms with Gasteiger partial charge in [-0.25, -0.2) is 0 Å². The van der Waals surface area contributed by atoms with E-state index >= 15 is 0 Å². The van der Waals surface area contributed by atoms with Crippen LogP contribution in [0.4, 0.5) is 0 Å². The molecule has 92 valence electrons. The van der Waals surface area contributed by atoms with Gasteiger partial charge in [0.1, 0.15) is 0 Å². The van der Waals surface area contributed by atoms with E-state index < -0.39 is 5.97 Å². The summed E-state index contributed by atoms with van der Waals surface area (Å²) in [7, 11) is 1.37. The Labute approximate surface area is 96.0 Å². The van der Waals surface area contributed by atoms with Crippen molar-refractivity contribution in [3.05, 3.63) is 0 Å². The van der Waals surface area contributed by atoms with Gasteiger partial charge >= 0.3 is 11.9 Å². The summed E-state index contributed by atoms with van der Waals surface area (Å²) in [5.41, 5.74) is 0. The zero-order valence-electron chi connectivity index (χ0n) is 10.1. The number of ether oxygens (including phenoxy) is 1. The number of esters is 1. The van der Waals surface area contributed by atoms with Gasteiger partial charge in [0.2, 0.25) is 0 Å². The highest BCUT2D eigenvalue weighted by molar-refractivity contribution is 5.75. The third kappa shape index (κ3) is 2.74. The van der Waals surface area contributed by atoms with Crippen molar-refractivity contribution in [2.24, 2.45) is 23.7 Å². The average Bonchev–Trinajstić information content (AvgIpc) is 2.26. The molecule has 0 radical (unpaired) electrons. The van der Waals surface area contributed by atoms with Gasteiger partial charge in [-0.05, 0) is 31.1 Å². The molecule has 0 aromatic rings. The predicted octanol–water partition coefficient (Wildman–Crippen LogP) is 1.93. The highest BCUT2D eigenvalue weighted by Crippen LogP contribution is 2.38. The first-order valence-corrected chi connectivity index (χ1v) is 5.78. The van der Waals surface area contributed by atoms with E-state index in [4.69, 9.17) is 9.84 Å². The second kappa shape index (κ2) is 5.32. The van der Waals surface area contributed by atoms with E-state index in [2.05, 4.69) is 13.8 Å². The van der Waals surface area contributed by atoms with Gasteiger partial charge in [0.15, 0.2) is 0 Å². The Morgan fingerprint density at radius 2 is 1.94 bits per heavy atom. The Hall–Kier alpha value is -1.06. The summed E-state index contributed by atoms with van der Waals surface area (Å²) in [5, 5.41) is 8.98. The second-order valence-corrected chi connectivity index (χ2v) is 4.89. The van der Waals surface area contributed by atoms with Crippen LogP contribution in [0, 0.1) is 23.7 Å². The Kier molecular flexibility index (Phi) is 4.33. The van der Waals surface area contributed by atoms with Gasteiger partial charge in [-0.2, -0.15) is 0 Å². The van der Waals surface area contributed by atoms with E-state index in [1.165, 1.54) is 7.11 Å². The molecule has 0 amide bonds. The Bertz CT molecular complexity index is 272. The van der Waals surface area contributed by atoms with Crippen LogP contribution in [0.15, 0.2) is 0 Å². The third-order valence-electron chi connectivity index (χ3n) is 3.61. The molecule has 0 heterocycles. The molecule has 1 rings (SSSR count). The lowest BCUT2D eigenvalue weighted by atomic mass is 9.69. The zero-order valence-corrected chi connectivity index (χ0v) is 10.1. The Morgan fingerprint density at radius 3 is 2.38 bits per heavy atom. The second-order valence-electron chi connectivity index (χ2n) is 4.89. The number of methoxy groups -OCH3 is 1. The summed E-state index contributed by atoms with van der Waals surface area (Å²) in [5.74, 6) is -1.05. The molecule has 0 aromatic heterocycles. The standard InChI is InChI=1S/C12H20O4/c1-7(2)9-5-4-8(11(13)14)6-10(9)12(15)16-3/h7-10H,4-6H2,1-3H3,(H,13,14)/t8-,9-,10-/m1/s1. The molecule has 0 saturated heterocycles. The van der Waals surface area contributed by atoms with Crippen LogP contribution in [0.1, 0.15) is 33.1 Å². The lowest BCUT2D eigenvalue weighted by Gasteiger charge is -2.35. The number of carbonyl (C=O) groups is 2. The molecule has 1 N–H and O–H groups in total. The largest absolute Gasteiger partial charge is 0.481 e. The Morgan fingerprint density at radius 1 is 1.31 bits per heavy atom. The summed E-state index contributed by atoms with van der Waals surface area (Å²) >= 11 is 0. The van der Waals surface area contributed by atoms with Crippen molar-refractivity contribution in [2.75, 3.05) is 7.11 Å². The molecule has 1 fully saturated rings. The van der Waals surface area contributed by atoms with Crippen molar-refractivity contribution in [3.8, 4) is 0 Å². The summed E-state index contributed by atoms with van der Waals surface area (Å²) in [6, 6.07) is 0. The van der Waals surface area contributed by atoms with Gasteiger partial charge in [0, 0.05) is 0 Å². The average molecular weight is 228 g/mol. The highest BCUT2D eigenvalue weighted by Gasteiger charge is 2.39. The first kappa shape index (κ1) is 13.0. The SMILES string of the molecule is COC(=O)[C@@H]1C[C@H](C(=O)O)CC[C@@H]1C(C)C. The lowest BCUT2D eigenvalue weighted by molar-refractivity contribution is -0.153. The van der Waals surface area contributed by atoms with Crippen LogP contribution in [0.3, 0.4) is 0 Å². The van der Waals surface area contributed by atoms with Gasteiger partial charge < -0.3 is 9.84 Å². The molecule has 1 aliphatic rings. The molecule has 0 bridgehead atoms. The first-order valence-electron chi connectivity index (χ1n) is 5.78. The van der Waals surface area contributed by atoms with E-state index in [-0.39, 0.29) is 23.7 Å². The number of carbonyl (C=O) groups excluding carboxylic acids is 1. The van der Waals surface area contributed by atoms with Crippen molar-refractivity contribution in [3.63, 3.8) is 0 Å². The molecule has 3 atom stereocenters. The smallest absolute Gasteiger partial charge is 0.308 e. The van der Waals surface area contributed by atoms with Crippen LogP contribution in [0.25, 0.3) is 0 Å². The third-order valence-corrected chi connectivity index (χ3v) is 3.61. The van der Waals surface area contributed by atoms with Gasteiger partial charge in [0.25, 0.3) is 0 Å². The van der Waals surface area contributed by atoms with Crippen molar-refractivity contribution in [1.82, 2.24) is 0 Å². The number of hydrogen-bond acceptors (Lipinski definition) is 3. The molecular formula is C12H20O4. The van der Waals surface area contributed by atoms with Gasteiger partial charge in [0.05, 0.1) is 18.9 Å². The summed E-state index contributed by atoms with van der Waals surface area (Å²) in [6.45, 7) is 4.14. The minimum Gasteiger partial charge on any atom is -0.481 e. The van der Waals surface area contributed by atoms with Crippen LogP contribution in [0.2, 0.25) is 0 Å². The number of carboxylic acid groups (broad SMARTS) is 1. The minimum absolute atomic E-state index is 0.250. The molecule has 0 aromatic carbocycles. The number of carboxylic acids is 1. The predicted molar refractivity (Wildman–Crippen MR) is 58.8 cm³/mol. The van der Waals surface area contributed by atoms with Crippen molar-refractivity contribution < 1.29 is 19.4 Å². The maximum absolute atomic E-state index is 11.6. The van der Waals surface area contributed by atoms with Crippen molar-refractivity contribution >= 4 is 11.9 Å². The molecule has 4 nitrogen and oxygen atoms in total. The van der Waals surface area contributed by atoms with Crippen LogP contribution in [0.5, 0.6) is 0 Å². The van der Waals surface area contributed by atoms with Crippen molar-refractivity contribution in [1.29, 1.82) is 0 Å². The molecule has 1 saturated carbocycles. The topological polar surface area (TPSA) is 63.6 Å². The molecule has 16 heavy (non-hydrogen) atoms. The Balaban J connectivity index is 2.77. The molecule has 0 unspecified atom stereocenters. The van der Waals surface area contributed by atoms with Crippen LogP contribution in [-0.2, 0) is 14.3 Å². The van der Waals surface area contributed by atoms with Gasteiger partial charge in [-0.3, -0.25) is 9.59 Å². The molecule has 0 spiro atoms. The van der Waals surface area contributed by atoms with Crippen LogP contribution < -0.4 is 0 Å². The van der Waals surface area contributed by atoms with Crippen molar-refractivity contribution in [2.45, 2.75) is 33.1 Å². The number of hydrogen-bond donors (Lipinski definition) is 1. The van der Waals surface area contributed by atoms with Crippen LogP contribution in [-0.4, -0.2) is 24.2 Å². The molecule has 0 aliphatic heterocycles. The molecule has 1 aliphatic carbocycles. The van der Waals surface area contributed by atoms with E-state index in [1.807, 2.05) is 0 Å².